The van der Waals surface area contributed by atoms with Crippen LogP contribution in [0, 0.1) is 6.92 Å². The smallest absolute Gasteiger partial charge is 0.252 e. The first-order chi connectivity index (χ1) is 17.8. The number of nitrogens with zero attached hydrogens (tertiary/aromatic N) is 4. The number of aryl methyl sites for hydroxylation is 1. The van der Waals surface area contributed by atoms with E-state index in [0.717, 1.165) is 18.5 Å². The molecular weight excluding hydrogens is 494 g/mol. The third kappa shape index (κ3) is 5.18. The Bertz CT molecular complexity index is 1450. The van der Waals surface area contributed by atoms with E-state index in [0.29, 0.717) is 66.1 Å². The van der Waals surface area contributed by atoms with Crippen LogP contribution in [0.2, 0.25) is 0 Å². The van der Waals surface area contributed by atoms with Crippen LogP contribution in [0.15, 0.2) is 30.3 Å². The predicted octanol–water partition coefficient (Wildman–Crippen LogP) is 2.52. The molecular formula is C26H31N5O5S. The highest BCUT2D eigenvalue weighted by molar-refractivity contribution is 7.91. The number of ether oxygens (including phenoxy) is 1. The lowest BCUT2D eigenvalue weighted by Gasteiger charge is -2.15. The number of pyridine rings is 1. The molecule has 0 bridgehead atoms. The van der Waals surface area contributed by atoms with Crippen LogP contribution in [0.5, 0.6) is 5.75 Å². The van der Waals surface area contributed by atoms with Gasteiger partial charge in [0.1, 0.15) is 5.75 Å². The average Bonchev–Trinajstić information content (AvgIpc) is 3.57. The van der Waals surface area contributed by atoms with Crippen LogP contribution in [-0.2, 0) is 14.6 Å². The largest absolute Gasteiger partial charge is 0.497 e. The van der Waals surface area contributed by atoms with Gasteiger partial charge in [-0.2, -0.15) is 5.10 Å². The zero-order valence-corrected chi connectivity index (χ0v) is 21.9. The molecule has 0 aliphatic carbocycles. The number of carbonyl (C=O) groups excluding carboxylic acids is 2. The van der Waals surface area contributed by atoms with Crippen molar-refractivity contribution in [3.63, 3.8) is 0 Å². The fourth-order valence-corrected chi connectivity index (χ4v) is 6.82. The third-order valence-corrected chi connectivity index (χ3v) is 8.83. The Hall–Kier alpha value is -3.47. The van der Waals surface area contributed by atoms with E-state index < -0.39 is 9.84 Å². The van der Waals surface area contributed by atoms with Crippen LogP contribution in [0.4, 0.5) is 0 Å². The van der Waals surface area contributed by atoms with Crippen LogP contribution >= 0.6 is 0 Å². The molecule has 10 nitrogen and oxygen atoms in total. The number of benzene rings is 1. The summed E-state index contributed by atoms with van der Waals surface area (Å²) in [7, 11) is -1.54. The summed E-state index contributed by atoms with van der Waals surface area (Å²) in [5, 5.41) is 8.25. The highest BCUT2D eigenvalue weighted by atomic mass is 32.2. The van der Waals surface area contributed by atoms with E-state index in [1.165, 1.54) is 0 Å². The molecule has 1 N–H and O–H groups in total. The van der Waals surface area contributed by atoms with Crippen molar-refractivity contribution in [1.82, 2.24) is 25.0 Å². The molecule has 3 aromatic rings. The topological polar surface area (TPSA) is 123 Å². The monoisotopic (exact) mass is 525 g/mol. The molecule has 2 saturated heterocycles. The van der Waals surface area contributed by atoms with Crippen molar-refractivity contribution in [2.45, 2.75) is 38.6 Å². The minimum atomic E-state index is -3.14. The summed E-state index contributed by atoms with van der Waals surface area (Å²) in [6.07, 6.45) is 2.61. The summed E-state index contributed by atoms with van der Waals surface area (Å²) in [4.78, 5) is 32.0. The minimum Gasteiger partial charge on any atom is -0.497 e. The normalized spacial score (nSPS) is 19.0. The summed E-state index contributed by atoms with van der Waals surface area (Å²) >= 11 is 0. The van der Waals surface area contributed by atoms with Crippen LogP contribution < -0.4 is 10.1 Å². The predicted molar refractivity (Wildman–Crippen MR) is 139 cm³/mol. The van der Waals surface area contributed by atoms with Gasteiger partial charge >= 0.3 is 0 Å². The van der Waals surface area contributed by atoms with Gasteiger partial charge in [0.25, 0.3) is 5.91 Å². The SMILES string of the molecule is COc1ccc(-c2cc(C(=O)NCCCN3CCCC3=O)c3c(C)nn(C4CCS(=O)(=O)C4)c3n2)cc1. The molecule has 1 atom stereocenters. The summed E-state index contributed by atoms with van der Waals surface area (Å²) < 4.78 is 31.3. The number of likely N-dealkylation sites (tertiary alicyclic amines) is 1. The van der Waals surface area contributed by atoms with Crippen LogP contribution in [-0.4, -0.2) is 78.1 Å². The van der Waals surface area contributed by atoms with Gasteiger partial charge in [-0.05, 0) is 56.5 Å². The third-order valence-electron chi connectivity index (χ3n) is 7.08. The van der Waals surface area contributed by atoms with E-state index in [1.807, 2.05) is 36.1 Å². The highest BCUT2D eigenvalue weighted by Gasteiger charge is 2.32. The molecule has 2 aliphatic rings. The van der Waals surface area contributed by atoms with E-state index in [1.54, 1.807) is 17.9 Å². The van der Waals surface area contributed by atoms with Crippen molar-refractivity contribution in [3.8, 4) is 17.0 Å². The van der Waals surface area contributed by atoms with E-state index in [-0.39, 0.29) is 29.4 Å². The van der Waals surface area contributed by atoms with Crippen LogP contribution in [0.3, 0.4) is 0 Å². The molecule has 1 unspecified atom stereocenters. The number of sulfone groups is 1. The Kier molecular flexibility index (Phi) is 6.89. The molecule has 2 fully saturated rings. The number of methoxy groups -OCH3 is 1. The molecule has 11 heteroatoms. The molecule has 0 spiro atoms. The first-order valence-corrected chi connectivity index (χ1v) is 14.4. The number of hydrogen-bond donors (Lipinski definition) is 1. The lowest BCUT2D eigenvalue weighted by atomic mass is 10.0. The summed E-state index contributed by atoms with van der Waals surface area (Å²) in [5.74, 6) is 0.744. The van der Waals surface area contributed by atoms with Crippen molar-refractivity contribution >= 4 is 32.7 Å². The van der Waals surface area contributed by atoms with E-state index in [9.17, 15) is 18.0 Å². The molecule has 0 radical (unpaired) electrons. The van der Waals surface area contributed by atoms with Crippen molar-refractivity contribution < 1.29 is 22.7 Å². The molecule has 1 aromatic carbocycles. The number of carbonyl (C=O) groups is 2. The van der Waals surface area contributed by atoms with Gasteiger partial charge in [-0.25, -0.2) is 18.1 Å². The standard InChI is InChI=1S/C26H31N5O5S/c1-17-24-21(26(33)27-11-4-13-30-12-3-5-23(30)32)15-22(18-6-8-20(36-2)9-7-18)28-25(24)31(29-17)19-10-14-37(34,35)16-19/h6-9,15,19H,3-5,10-14,16H2,1-2H3,(H,27,33). The van der Waals surface area contributed by atoms with Crippen molar-refractivity contribution in [3.05, 3.63) is 41.6 Å². The lowest BCUT2D eigenvalue weighted by molar-refractivity contribution is -0.127. The van der Waals surface area contributed by atoms with Crippen molar-refractivity contribution in [2.75, 3.05) is 38.2 Å². The van der Waals surface area contributed by atoms with Gasteiger partial charge in [0.15, 0.2) is 15.5 Å². The fourth-order valence-electron chi connectivity index (χ4n) is 5.13. The number of amides is 2. The molecule has 196 valence electrons. The Morgan fingerprint density at radius 2 is 2.03 bits per heavy atom. The number of fused-ring (bicyclic) bond motifs is 1. The maximum atomic E-state index is 13.4. The first kappa shape index (κ1) is 25.2. The Labute approximate surface area is 215 Å². The maximum Gasteiger partial charge on any atom is 0.252 e. The van der Waals surface area contributed by atoms with Crippen LogP contribution in [0.1, 0.15) is 47.8 Å². The fraction of sp³-hybridized carbons (Fsp3) is 0.462. The summed E-state index contributed by atoms with van der Waals surface area (Å²) in [6.45, 7) is 3.64. The van der Waals surface area contributed by atoms with Crippen molar-refractivity contribution in [2.24, 2.45) is 0 Å². The van der Waals surface area contributed by atoms with Gasteiger partial charge in [0.05, 0.1) is 47.0 Å². The maximum absolute atomic E-state index is 13.4. The van der Waals surface area contributed by atoms with E-state index in [2.05, 4.69) is 10.4 Å². The van der Waals surface area contributed by atoms with Gasteiger partial charge in [0.2, 0.25) is 5.91 Å². The molecule has 0 saturated carbocycles. The van der Waals surface area contributed by atoms with Gasteiger partial charge in [0, 0.05) is 31.6 Å². The first-order valence-electron chi connectivity index (χ1n) is 12.6. The number of rotatable bonds is 8. The Morgan fingerprint density at radius 3 is 2.68 bits per heavy atom. The number of aromatic nitrogens is 3. The number of hydrogen-bond acceptors (Lipinski definition) is 7. The molecule has 4 heterocycles. The Morgan fingerprint density at radius 1 is 1.24 bits per heavy atom. The van der Waals surface area contributed by atoms with E-state index >= 15 is 0 Å². The second kappa shape index (κ2) is 10.1. The molecule has 5 rings (SSSR count). The minimum absolute atomic E-state index is 0.00835. The number of nitrogens with one attached hydrogen (secondary N) is 1. The van der Waals surface area contributed by atoms with Crippen molar-refractivity contribution in [1.29, 1.82) is 0 Å². The molecule has 2 amide bonds. The lowest BCUT2D eigenvalue weighted by Crippen LogP contribution is -2.30. The molecule has 2 aliphatic heterocycles. The van der Waals surface area contributed by atoms with Crippen LogP contribution in [0.25, 0.3) is 22.3 Å². The highest BCUT2D eigenvalue weighted by Crippen LogP contribution is 2.32. The van der Waals surface area contributed by atoms with Gasteiger partial charge in [-0.15, -0.1) is 0 Å². The van der Waals surface area contributed by atoms with Gasteiger partial charge < -0.3 is 15.0 Å². The second-order valence-electron chi connectivity index (χ2n) is 9.66. The average molecular weight is 526 g/mol. The summed E-state index contributed by atoms with van der Waals surface area (Å²) in [5.41, 5.74) is 2.96. The summed E-state index contributed by atoms with van der Waals surface area (Å²) in [6, 6.07) is 8.83. The Balaban J connectivity index is 1.48. The van der Waals surface area contributed by atoms with Gasteiger partial charge in [-0.3, -0.25) is 9.59 Å². The van der Waals surface area contributed by atoms with E-state index in [4.69, 9.17) is 9.72 Å². The van der Waals surface area contributed by atoms with Gasteiger partial charge in [-0.1, -0.05) is 0 Å². The molecule has 2 aromatic heterocycles. The zero-order chi connectivity index (χ0) is 26.2. The quantitative estimate of drug-likeness (QED) is 0.448. The molecule has 37 heavy (non-hydrogen) atoms. The zero-order valence-electron chi connectivity index (χ0n) is 21.1. The second-order valence-corrected chi connectivity index (χ2v) is 11.9.